The van der Waals surface area contributed by atoms with Gasteiger partial charge in [0.05, 0.1) is 5.92 Å². The Kier molecular flexibility index (Phi) is 5.85. The van der Waals surface area contributed by atoms with Crippen LogP contribution < -0.4 is 10.6 Å². The Balaban J connectivity index is 1.61. The molecule has 6 heteroatoms. The van der Waals surface area contributed by atoms with Gasteiger partial charge in [-0.2, -0.15) is 0 Å². The van der Waals surface area contributed by atoms with Crippen LogP contribution in [0.5, 0.6) is 0 Å². The number of rotatable bonds is 5. The Morgan fingerprint density at radius 1 is 1.19 bits per heavy atom. The average molecular weight is 297 g/mol. The van der Waals surface area contributed by atoms with E-state index in [0.717, 1.165) is 45.4 Å². The van der Waals surface area contributed by atoms with Crippen LogP contribution in [0.2, 0.25) is 0 Å². The number of carbonyl (C=O) groups is 2. The van der Waals surface area contributed by atoms with Gasteiger partial charge in [0, 0.05) is 19.1 Å². The molecule has 1 saturated carbocycles. The maximum atomic E-state index is 11.9. The number of carboxylic acid groups (broad SMARTS) is 1. The molecule has 1 atom stereocenters. The molecule has 0 aromatic heterocycles. The molecular weight excluding hydrogens is 270 g/mol. The highest BCUT2D eigenvalue weighted by molar-refractivity contribution is 5.74. The third-order valence-corrected chi connectivity index (χ3v) is 4.78. The number of likely N-dealkylation sites (tertiary alicyclic amines) is 1. The summed E-state index contributed by atoms with van der Waals surface area (Å²) in [7, 11) is 0. The lowest BCUT2D eigenvalue weighted by Crippen LogP contribution is -2.45. The van der Waals surface area contributed by atoms with Gasteiger partial charge < -0.3 is 20.6 Å². The van der Waals surface area contributed by atoms with Gasteiger partial charge in [-0.3, -0.25) is 4.79 Å². The number of aliphatic carboxylic acids is 1. The third kappa shape index (κ3) is 4.88. The van der Waals surface area contributed by atoms with Crippen LogP contribution in [0.4, 0.5) is 4.79 Å². The molecule has 3 N–H and O–H groups in total. The van der Waals surface area contributed by atoms with E-state index < -0.39 is 5.97 Å². The minimum absolute atomic E-state index is 0.108. The van der Waals surface area contributed by atoms with Crippen molar-refractivity contribution >= 4 is 12.0 Å². The van der Waals surface area contributed by atoms with Gasteiger partial charge in [-0.05, 0) is 51.1 Å². The number of hydrogen-bond donors (Lipinski definition) is 3. The minimum Gasteiger partial charge on any atom is -0.481 e. The Hall–Kier alpha value is -1.30. The number of urea groups is 1. The van der Waals surface area contributed by atoms with Crippen LogP contribution >= 0.6 is 0 Å². The lowest BCUT2D eigenvalue weighted by molar-refractivity contribution is -0.142. The Bertz CT molecular complexity index is 367. The molecule has 2 amide bonds. The van der Waals surface area contributed by atoms with Crippen LogP contribution in [0.15, 0.2) is 0 Å². The molecule has 2 aliphatic rings. The van der Waals surface area contributed by atoms with E-state index in [4.69, 9.17) is 5.11 Å². The van der Waals surface area contributed by atoms with Crippen molar-refractivity contribution in [1.29, 1.82) is 0 Å². The van der Waals surface area contributed by atoms with Crippen molar-refractivity contribution in [2.45, 2.75) is 45.1 Å². The molecule has 0 bridgehead atoms. The van der Waals surface area contributed by atoms with Crippen molar-refractivity contribution in [3.05, 3.63) is 0 Å². The summed E-state index contributed by atoms with van der Waals surface area (Å²) in [6, 6.07) is 0.0139. The monoisotopic (exact) mass is 297 g/mol. The van der Waals surface area contributed by atoms with E-state index in [1.54, 1.807) is 0 Å². The highest BCUT2D eigenvalue weighted by Gasteiger charge is 2.27. The van der Waals surface area contributed by atoms with E-state index in [9.17, 15) is 9.59 Å². The Labute approximate surface area is 126 Å². The zero-order valence-corrected chi connectivity index (χ0v) is 12.8. The maximum Gasteiger partial charge on any atom is 0.315 e. The van der Waals surface area contributed by atoms with Crippen molar-refractivity contribution < 1.29 is 14.7 Å². The van der Waals surface area contributed by atoms with E-state index in [1.165, 1.54) is 0 Å². The summed E-state index contributed by atoms with van der Waals surface area (Å²) in [5.41, 5.74) is 0. The van der Waals surface area contributed by atoms with Crippen LogP contribution in [0, 0.1) is 11.8 Å². The lowest BCUT2D eigenvalue weighted by atomic mass is 9.86. The molecule has 0 aromatic rings. The van der Waals surface area contributed by atoms with E-state index in [2.05, 4.69) is 22.5 Å². The number of nitrogens with one attached hydrogen (secondary N) is 2. The van der Waals surface area contributed by atoms with Crippen LogP contribution in [-0.4, -0.2) is 54.2 Å². The highest BCUT2D eigenvalue weighted by Crippen LogP contribution is 2.24. The van der Waals surface area contributed by atoms with E-state index in [-0.39, 0.29) is 18.0 Å². The van der Waals surface area contributed by atoms with E-state index >= 15 is 0 Å². The van der Waals surface area contributed by atoms with Crippen LogP contribution in [-0.2, 0) is 4.79 Å². The molecule has 1 heterocycles. The number of nitrogens with zero attached hydrogens (tertiary/aromatic N) is 1. The summed E-state index contributed by atoms with van der Waals surface area (Å²) in [5, 5.41) is 14.9. The second-order valence-electron chi connectivity index (χ2n) is 6.29. The Morgan fingerprint density at radius 2 is 1.90 bits per heavy atom. The topological polar surface area (TPSA) is 81.7 Å². The molecule has 0 radical (unpaired) electrons. The number of carboxylic acids is 1. The summed E-state index contributed by atoms with van der Waals surface area (Å²) in [6.07, 6.45) is 4.00. The largest absolute Gasteiger partial charge is 0.481 e. The predicted molar refractivity (Wildman–Crippen MR) is 80.1 cm³/mol. The molecule has 1 saturated heterocycles. The van der Waals surface area contributed by atoms with Crippen molar-refractivity contribution in [3.8, 4) is 0 Å². The molecular formula is C15H27N3O3. The van der Waals surface area contributed by atoms with Crippen molar-refractivity contribution in [2.75, 3.05) is 26.2 Å². The van der Waals surface area contributed by atoms with Gasteiger partial charge >= 0.3 is 12.0 Å². The average Bonchev–Trinajstić information content (AvgIpc) is 2.94. The molecule has 21 heavy (non-hydrogen) atoms. The van der Waals surface area contributed by atoms with Gasteiger partial charge in [-0.1, -0.05) is 6.92 Å². The van der Waals surface area contributed by atoms with Crippen molar-refractivity contribution in [1.82, 2.24) is 15.5 Å². The van der Waals surface area contributed by atoms with Gasteiger partial charge in [0.25, 0.3) is 0 Å². The zero-order valence-electron chi connectivity index (χ0n) is 12.8. The van der Waals surface area contributed by atoms with E-state index in [0.29, 0.717) is 18.8 Å². The van der Waals surface area contributed by atoms with Crippen molar-refractivity contribution in [3.63, 3.8) is 0 Å². The number of carbonyl (C=O) groups excluding carboxylic acids is 1. The fraction of sp³-hybridized carbons (Fsp3) is 0.867. The Morgan fingerprint density at radius 3 is 2.48 bits per heavy atom. The molecule has 1 aliphatic carbocycles. The van der Waals surface area contributed by atoms with Crippen LogP contribution in [0.1, 0.15) is 39.0 Å². The predicted octanol–water partition coefficient (Wildman–Crippen LogP) is 1.27. The standard InChI is InChI=1S/C15H27N3O3/c1-2-18-8-7-11(10-18)9-16-15(21)17-13-5-3-12(4-6-13)14(19)20/h11-13H,2-10H2,1H3,(H,19,20)(H2,16,17,21). The molecule has 1 unspecified atom stereocenters. The molecule has 0 aromatic carbocycles. The molecule has 2 rings (SSSR count). The smallest absolute Gasteiger partial charge is 0.315 e. The summed E-state index contributed by atoms with van der Waals surface area (Å²) in [4.78, 5) is 25.2. The third-order valence-electron chi connectivity index (χ3n) is 4.78. The first-order chi connectivity index (χ1) is 10.1. The summed E-state index contributed by atoms with van der Waals surface area (Å²) >= 11 is 0. The first-order valence-electron chi connectivity index (χ1n) is 8.08. The zero-order chi connectivity index (χ0) is 15.2. The normalized spacial score (nSPS) is 30.0. The van der Waals surface area contributed by atoms with Crippen LogP contribution in [0.25, 0.3) is 0 Å². The quantitative estimate of drug-likeness (QED) is 0.714. The van der Waals surface area contributed by atoms with Gasteiger partial charge in [0.15, 0.2) is 0 Å². The fourth-order valence-electron chi connectivity index (χ4n) is 3.32. The first-order valence-corrected chi connectivity index (χ1v) is 8.08. The number of amides is 2. The molecule has 120 valence electrons. The summed E-state index contributed by atoms with van der Waals surface area (Å²) in [6.45, 7) is 6.17. The fourth-order valence-corrected chi connectivity index (χ4v) is 3.32. The molecule has 1 aliphatic heterocycles. The summed E-state index contributed by atoms with van der Waals surface area (Å²) in [5.74, 6) is -0.386. The SMILES string of the molecule is CCN1CCC(CNC(=O)NC2CCC(C(=O)O)CC2)C1. The minimum atomic E-state index is -0.709. The van der Waals surface area contributed by atoms with E-state index in [1.807, 2.05) is 0 Å². The highest BCUT2D eigenvalue weighted by atomic mass is 16.4. The second-order valence-corrected chi connectivity index (χ2v) is 6.29. The van der Waals surface area contributed by atoms with Gasteiger partial charge in [0.2, 0.25) is 0 Å². The number of hydrogen-bond acceptors (Lipinski definition) is 3. The lowest BCUT2D eigenvalue weighted by Gasteiger charge is -2.27. The van der Waals surface area contributed by atoms with Gasteiger partial charge in [-0.25, -0.2) is 4.79 Å². The second kappa shape index (κ2) is 7.64. The van der Waals surface area contributed by atoms with Gasteiger partial charge in [0.1, 0.15) is 0 Å². The summed E-state index contributed by atoms with van der Waals surface area (Å²) < 4.78 is 0. The van der Waals surface area contributed by atoms with Crippen molar-refractivity contribution in [2.24, 2.45) is 11.8 Å². The maximum absolute atomic E-state index is 11.9. The molecule has 2 fully saturated rings. The first kappa shape index (κ1) is 16.1. The van der Waals surface area contributed by atoms with Crippen LogP contribution in [0.3, 0.4) is 0 Å². The van der Waals surface area contributed by atoms with Gasteiger partial charge in [-0.15, -0.1) is 0 Å². The molecule has 0 spiro atoms. The molecule has 6 nitrogen and oxygen atoms in total.